The van der Waals surface area contributed by atoms with E-state index in [-0.39, 0.29) is 10.8 Å². The average molecular weight is 459 g/mol. The minimum Gasteiger partial charge on any atom is -0.351 e. The molecule has 1 aromatic carbocycles. The van der Waals surface area contributed by atoms with Crippen molar-refractivity contribution in [2.75, 3.05) is 28.7 Å². The van der Waals surface area contributed by atoms with E-state index in [0.29, 0.717) is 36.3 Å². The third-order valence-electron chi connectivity index (χ3n) is 5.79. The Morgan fingerprint density at radius 1 is 1.16 bits per heavy atom. The lowest BCUT2D eigenvalue weighted by atomic mass is 10.2. The molecule has 0 atom stereocenters. The summed E-state index contributed by atoms with van der Waals surface area (Å²) in [5.41, 5.74) is 1.28. The fourth-order valence-corrected chi connectivity index (χ4v) is 5.16. The maximum absolute atomic E-state index is 12.4. The monoisotopic (exact) mass is 458 g/mol. The molecule has 0 radical (unpaired) electrons. The SMILES string of the molecule is CC(=O)NS(=O)(=O)c1ccc(Nc2ncc3c(n2)N(C2CCCC2)CCC(=O)N3C)cc1. The predicted octanol–water partition coefficient (Wildman–Crippen LogP) is 2.16. The number of rotatable bonds is 5. The first kappa shape index (κ1) is 22.0. The summed E-state index contributed by atoms with van der Waals surface area (Å²) in [6.07, 6.45) is 6.57. The van der Waals surface area contributed by atoms with Crippen molar-refractivity contribution in [2.24, 2.45) is 0 Å². The summed E-state index contributed by atoms with van der Waals surface area (Å²) < 4.78 is 26.2. The summed E-state index contributed by atoms with van der Waals surface area (Å²) in [5, 5.41) is 3.10. The van der Waals surface area contributed by atoms with Gasteiger partial charge in [-0.3, -0.25) is 9.59 Å². The summed E-state index contributed by atoms with van der Waals surface area (Å²) in [4.78, 5) is 36.4. The second-order valence-corrected chi connectivity index (χ2v) is 9.73. The highest BCUT2D eigenvalue weighted by molar-refractivity contribution is 7.90. The highest BCUT2D eigenvalue weighted by Gasteiger charge is 2.31. The Hall–Kier alpha value is -3.21. The first-order chi connectivity index (χ1) is 15.2. The van der Waals surface area contributed by atoms with E-state index in [2.05, 4.69) is 15.2 Å². The van der Waals surface area contributed by atoms with E-state index in [0.717, 1.165) is 25.6 Å². The van der Waals surface area contributed by atoms with Gasteiger partial charge in [-0.1, -0.05) is 12.8 Å². The lowest BCUT2D eigenvalue weighted by molar-refractivity contribution is -0.118. The number of nitrogens with zero attached hydrogens (tertiary/aromatic N) is 4. The summed E-state index contributed by atoms with van der Waals surface area (Å²) in [6.45, 7) is 1.76. The van der Waals surface area contributed by atoms with Gasteiger partial charge in [-0.2, -0.15) is 4.98 Å². The zero-order valence-electron chi connectivity index (χ0n) is 18.0. The molecule has 0 spiro atoms. The van der Waals surface area contributed by atoms with Crippen LogP contribution in [-0.2, 0) is 19.6 Å². The first-order valence-electron chi connectivity index (χ1n) is 10.6. The van der Waals surface area contributed by atoms with Crippen LogP contribution < -0.4 is 19.8 Å². The van der Waals surface area contributed by atoms with E-state index in [1.54, 1.807) is 30.3 Å². The van der Waals surface area contributed by atoms with E-state index in [1.807, 2.05) is 4.72 Å². The predicted molar refractivity (Wildman–Crippen MR) is 120 cm³/mol. The van der Waals surface area contributed by atoms with Crippen LogP contribution in [0.5, 0.6) is 0 Å². The Morgan fingerprint density at radius 2 is 1.84 bits per heavy atom. The molecule has 10 nitrogen and oxygen atoms in total. The van der Waals surface area contributed by atoms with Crippen molar-refractivity contribution in [1.82, 2.24) is 14.7 Å². The average Bonchev–Trinajstić information content (AvgIpc) is 3.24. The number of hydrogen-bond acceptors (Lipinski definition) is 8. The molecular weight excluding hydrogens is 432 g/mol. The van der Waals surface area contributed by atoms with Crippen LogP contribution in [0.1, 0.15) is 39.0 Å². The fourth-order valence-electron chi connectivity index (χ4n) is 4.16. The number of hydrogen-bond donors (Lipinski definition) is 2. The van der Waals surface area contributed by atoms with Crippen molar-refractivity contribution in [3.63, 3.8) is 0 Å². The Bertz CT molecular complexity index is 1130. The van der Waals surface area contributed by atoms with Gasteiger partial charge in [-0.15, -0.1) is 0 Å². The molecule has 170 valence electrons. The number of benzene rings is 1. The lowest BCUT2D eigenvalue weighted by Gasteiger charge is -2.30. The van der Waals surface area contributed by atoms with Crippen molar-refractivity contribution >= 4 is 45.0 Å². The summed E-state index contributed by atoms with van der Waals surface area (Å²) in [5.74, 6) is 0.465. The maximum atomic E-state index is 12.4. The highest BCUT2D eigenvalue weighted by Crippen LogP contribution is 2.36. The van der Waals surface area contributed by atoms with Gasteiger partial charge < -0.3 is 15.1 Å². The Morgan fingerprint density at radius 3 is 2.50 bits per heavy atom. The van der Waals surface area contributed by atoms with Gasteiger partial charge in [0, 0.05) is 38.7 Å². The van der Waals surface area contributed by atoms with Crippen LogP contribution in [-0.4, -0.2) is 49.8 Å². The zero-order valence-corrected chi connectivity index (χ0v) is 18.9. The molecular formula is C21H26N6O4S. The van der Waals surface area contributed by atoms with Crippen LogP contribution in [0.4, 0.5) is 23.1 Å². The van der Waals surface area contributed by atoms with Crippen LogP contribution in [0.15, 0.2) is 35.4 Å². The fraction of sp³-hybridized carbons (Fsp3) is 0.429. The van der Waals surface area contributed by atoms with Gasteiger partial charge in [-0.25, -0.2) is 18.1 Å². The van der Waals surface area contributed by atoms with E-state index in [9.17, 15) is 18.0 Å². The number of carbonyl (C=O) groups excluding carboxylic acids is 2. The second kappa shape index (κ2) is 8.73. The Kier molecular flexibility index (Phi) is 6.00. The molecule has 0 saturated heterocycles. The van der Waals surface area contributed by atoms with E-state index < -0.39 is 15.9 Å². The van der Waals surface area contributed by atoms with Crippen molar-refractivity contribution < 1.29 is 18.0 Å². The van der Waals surface area contributed by atoms with Crippen molar-refractivity contribution in [3.05, 3.63) is 30.5 Å². The van der Waals surface area contributed by atoms with Gasteiger partial charge in [0.2, 0.25) is 17.8 Å². The lowest BCUT2D eigenvalue weighted by Crippen LogP contribution is -2.34. The van der Waals surface area contributed by atoms with E-state index >= 15 is 0 Å². The van der Waals surface area contributed by atoms with Gasteiger partial charge in [0.05, 0.1) is 11.1 Å². The number of fused-ring (bicyclic) bond motifs is 1. The molecule has 2 aromatic rings. The number of nitrogens with one attached hydrogen (secondary N) is 2. The normalized spacial score (nSPS) is 17.1. The van der Waals surface area contributed by atoms with Crippen molar-refractivity contribution in [2.45, 2.75) is 50.0 Å². The maximum Gasteiger partial charge on any atom is 0.264 e. The minimum atomic E-state index is -3.90. The number of anilines is 4. The molecule has 1 saturated carbocycles. The molecule has 2 heterocycles. The molecule has 4 rings (SSSR count). The zero-order chi connectivity index (χ0) is 22.9. The van der Waals surface area contributed by atoms with Crippen LogP contribution in [0.3, 0.4) is 0 Å². The van der Waals surface area contributed by atoms with Crippen molar-refractivity contribution in [3.8, 4) is 0 Å². The van der Waals surface area contributed by atoms with Gasteiger partial charge in [-0.05, 0) is 37.1 Å². The summed E-state index contributed by atoms with van der Waals surface area (Å²) in [6, 6.07) is 6.30. The molecule has 0 bridgehead atoms. The van der Waals surface area contributed by atoms with Crippen LogP contribution >= 0.6 is 0 Å². The van der Waals surface area contributed by atoms with Gasteiger partial charge in [0.25, 0.3) is 10.0 Å². The Balaban J connectivity index is 1.60. The summed E-state index contributed by atoms with van der Waals surface area (Å²) in [7, 11) is -2.16. The van der Waals surface area contributed by atoms with Gasteiger partial charge >= 0.3 is 0 Å². The second-order valence-electron chi connectivity index (χ2n) is 8.05. The van der Waals surface area contributed by atoms with Crippen LogP contribution in [0.25, 0.3) is 0 Å². The number of amides is 2. The molecule has 1 aromatic heterocycles. The number of carbonyl (C=O) groups is 2. The third-order valence-corrected chi connectivity index (χ3v) is 7.24. The smallest absolute Gasteiger partial charge is 0.264 e. The van der Waals surface area contributed by atoms with Crippen molar-refractivity contribution in [1.29, 1.82) is 0 Å². The van der Waals surface area contributed by atoms with Gasteiger partial charge in [0.15, 0.2) is 5.82 Å². The van der Waals surface area contributed by atoms with E-state index in [4.69, 9.17) is 4.98 Å². The highest BCUT2D eigenvalue weighted by atomic mass is 32.2. The standard InChI is InChI=1S/C21H26N6O4S/c1-14(28)25-32(30,31)17-9-7-15(8-10-17)23-21-22-13-18-20(24-21)27(16-5-3-4-6-16)12-11-19(29)26(18)2/h7-10,13,16H,3-6,11-12H2,1-2H3,(H,25,28)(H,22,23,24). The van der Waals surface area contributed by atoms with E-state index in [1.165, 1.54) is 25.0 Å². The molecule has 0 unspecified atom stereocenters. The number of sulfonamides is 1. The molecule has 32 heavy (non-hydrogen) atoms. The summed E-state index contributed by atoms with van der Waals surface area (Å²) >= 11 is 0. The topological polar surface area (TPSA) is 125 Å². The molecule has 2 amide bonds. The first-order valence-corrected chi connectivity index (χ1v) is 12.0. The van der Waals surface area contributed by atoms with Crippen LogP contribution in [0.2, 0.25) is 0 Å². The third kappa shape index (κ3) is 4.52. The molecule has 11 heteroatoms. The van der Waals surface area contributed by atoms with Gasteiger partial charge in [0.1, 0.15) is 5.69 Å². The Labute approximate surface area is 187 Å². The molecule has 2 N–H and O–H groups in total. The largest absolute Gasteiger partial charge is 0.351 e. The molecule has 1 aliphatic heterocycles. The molecule has 2 aliphatic rings. The quantitative estimate of drug-likeness (QED) is 0.698. The number of aromatic nitrogens is 2. The minimum absolute atomic E-state index is 0.0198. The molecule has 1 aliphatic carbocycles. The van der Waals surface area contributed by atoms with Crippen LogP contribution in [0, 0.1) is 0 Å². The molecule has 1 fully saturated rings.